The first-order valence-electron chi connectivity index (χ1n) is 8.15. The van der Waals surface area contributed by atoms with E-state index in [0.717, 1.165) is 0 Å². The lowest BCUT2D eigenvalue weighted by Crippen LogP contribution is -2.24. The molecular weight excluding hydrogens is 338 g/mol. The van der Waals surface area contributed by atoms with Crippen molar-refractivity contribution >= 4 is 22.9 Å². The van der Waals surface area contributed by atoms with Gasteiger partial charge in [0.1, 0.15) is 18.7 Å². The van der Waals surface area contributed by atoms with Crippen molar-refractivity contribution in [3.63, 3.8) is 0 Å². The van der Waals surface area contributed by atoms with Gasteiger partial charge in [0.2, 0.25) is 0 Å². The summed E-state index contributed by atoms with van der Waals surface area (Å²) in [6.45, 7) is -0.266. The fraction of sp³-hybridized carbons (Fsp3) is 0.294. The Bertz CT molecular complexity index is 929. The molecule has 1 fully saturated rings. The molecule has 3 N–H and O–H groups in total. The average Bonchev–Trinajstić information content (AvgIpc) is 3.26. The van der Waals surface area contributed by atoms with Crippen molar-refractivity contribution in [2.24, 2.45) is 0 Å². The van der Waals surface area contributed by atoms with Gasteiger partial charge in [-0.1, -0.05) is 18.2 Å². The number of anilines is 1. The zero-order valence-corrected chi connectivity index (χ0v) is 13.7. The number of imidazole rings is 1. The van der Waals surface area contributed by atoms with E-state index < -0.39 is 18.4 Å². The fourth-order valence-corrected chi connectivity index (χ4v) is 2.97. The Balaban J connectivity index is 1.63. The van der Waals surface area contributed by atoms with Crippen molar-refractivity contribution < 1.29 is 19.7 Å². The molecule has 3 atom stereocenters. The first-order chi connectivity index (χ1) is 12.7. The van der Waals surface area contributed by atoms with E-state index in [9.17, 15) is 15.0 Å². The van der Waals surface area contributed by atoms with Gasteiger partial charge in [-0.05, 0) is 12.1 Å². The number of hydrogen-bond donors (Lipinski definition) is 3. The van der Waals surface area contributed by atoms with Crippen LogP contribution in [-0.2, 0) is 4.74 Å². The van der Waals surface area contributed by atoms with Gasteiger partial charge in [-0.2, -0.15) is 0 Å². The highest BCUT2D eigenvalue weighted by Crippen LogP contribution is 2.31. The minimum Gasteiger partial charge on any atom is -0.394 e. The van der Waals surface area contributed by atoms with Gasteiger partial charge in [0.15, 0.2) is 17.0 Å². The highest BCUT2D eigenvalue weighted by atomic mass is 16.5. The summed E-state index contributed by atoms with van der Waals surface area (Å²) < 4.78 is 7.30. The number of fused-ring (bicyclic) bond motifs is 1. The Hall–Kier alpha value is -2.88. The lowest BCUT2D eigenvalue weighted by Gasteiger charge is -2.13. The van der Waals surface area contributed by atoms with E-state index in [2.05, 4.69) is 20.3 Å². The summed E-state index contributed by atoms with van der Waals surface area (Å²) in [6, 6.07) is 8.79. The molecule has 3 aromatic rings. The van der Waals surface area contributed by atoms with Crippen LogP contribution in [0.3, 0.4) is 0 Å². The van der Waals surface area contributed by atoms with Gasteiger partial charge < -0.3 is 20.3 Å². The number of aliphatic hydroxyl groups excluding tert-OH is 2. The van der Waals surface area contributed by atoms with Crippen molar-refractivity contribution in [3.05, 3.63) is 48.5 Å². The van der Waals surface area contributed by atoms with Crippen LogP contribution in [0.5, 0.6) is 0 Å². The van der Waals surface area contributed by atoms with Crippen LogP contribution in [0.2, 0.25) is 0 Å². The monoisotopic (exact) mass is 355 g/mol. The van der Waals surface area contributed by atoms with Crippen LogP contribution in [0, 0.1) is 0 Å². The number of hydrogen-bond acceptors (Lipinski definition) is 7. The number of carbonyl (C=O) groups excluding carboxylic acids is 1. The van der Waals surface area contributed by atoms with Crippen molar-refractivity contribution in [2.75, 3.05) is 11.9 Å². The average molecular weight is 355 g/mol. The molecule has 0 bridgehead atoms. The summed E-state index contributed by atoms with van der Waals surface area (Å²) in [5.74, 6) is -0.00658. The van der Waals surface area contributed by atoms with Crippen LogP contribution in [0.25, 0.3) is 11.2 Å². The summed E-state index contributed by atoms with van der Waals surface area (Å²) >= 11 is 0. The molecule has 0 unspecified atom stereocenters. The normalized spacial score (nSPS) is 22.6. The quantitative estimate of drug-likeness (QED) is 0.630. The van der Waals surface area contributed by atoms with E-state index in [4.69, 9.17) is 4.74 Å². The smallest absolute Gasteiger partial charge is 0.256 e. The molecule has 0 radical (unpaired) electrons. The van der Waals surface area contributed by atoms with Crippen LogP contribution in [0.4, 0.5) is 5.82 Å². The Labute approximate surface area is 148 Å². The largest absolute Gasteiger partial charge is 0.394 e. The Morgan fingerprint density at radius 3 is 2.81 bits per heavy atom. The van der Waals surface area contributed by atoms with Gasteiger partial charge in [0.05, 0.1) is 19.0 Å². The minimum atomic E-state index is -0.762. The number of benzene rings is 1. The maximum atomic E-state index is 12.4. The minimum absolute atomic E-state index is 0.266. The van der Waals surface area contributed by atoms with Gasteiger partial charge in [-0.3, -0.25) is 9.36 Å². The second kappa shape index (κ2) is 6.79. The van der Waals surface area contributed by atoms with Crippen molar-refractivity contribution in [3.8, 4) is 0 Å². The third kappa shape index (κ3) is 2.92. The van der Waals surface area contributed by atoms with E-state index in [1.165, 1.54) is 12.7 Å². The molecule has 9 nitrogen and oxygen atoms in total. The fourth-order valence-electron chi connectivity index (χ4n) is 2.97. The van der Waals surface area contributed by atoms with E-state index in [0.29, 0.717) is 29.0 Å². The lowest BCUT2D eigenvalue weighted by molar-refractivity contribution is -0.0432. The Morgan fingerprint density at radius 2 is 2.08 bits per heavy atom. The maximum absolute atomic E-state index is 12.4. The van der Waals surface area contributed by atoms with Crippen molar-refractivity contribution in [2.45, 2.75) is 24.9 Å². The van der Waals surface area contributed by atoms with Gasteiger partial charge in [0, 0.05) is 12.0 Å². The summed E-state index contributed by atoms with van der Waals surface area (Å²) in [5.41, 5.74) is 1.40. The van der Waals surface area contributed by atoms with Crippen LogP contribution in [-0.4, -0.2) is 54.5 Å². The molecule has 4 rings (SSSR count). The standard InChI is InChI=1S/C17H17N5O4/c23-7-12-11(24)6-13(26-12)22-9-20-14-15(18-8-19-16(14)22)21-17(25)10-4-2-1-3-5-10/h1-5,8-9,11-13,23-24H,6-7H2,(H,18,19,21,25)/t11-,12+,13-/m1/s1. The summed E-state index contributed by atoms with van der Waals surface area (Å²) in [7, 11) is 0. The van der Waals surface area contributed by atoms with Crippen LogP contribution in [0.15, 0.2) is 43.0 Å². The Kier molecular flexibility index (Phi) is 4.33. The number of aliphatic hydroxyl groups is 2. The predicted octanol–water partition coefficient (Wildman–Crippen LogP) is 0.719. The van der Waals surface area contributed by atoms with E-state index in [-0.39, 0.29) is 12.5 Å². The number of amides is 1. The van der Waals surface area contributed by atoms with E-state index >= 15 is 0 Å². The molecule has 3 heterocycles. The third-order valence-corrected chi connectivity index (χ3v) is 4.32. The predicted molar refractivity (Wildman–Crippen MR) is 91.3 cm³/mol. The molecular formula is C17H17N5O4. The molecule has 1 amide bonds. The second-order valence-electron chi connectivity index (χ2n) is 5.98. The highest BCUT2D eigenvalue weighted by Gasteiger charge is 2.35. The summed E-state index contributed by atoms with van der Waals surface area (Å²) in [4.78, 5) is 25.0. The molecule has 0 saturated carbocycles. The number of nitrogens with one attached hydrogen (secondary N) is 1. The van der Waals surface area contributed by atoms with Crippen LogP contribution < -0.4 is 5.32 Å². The summed E-state index contributed by atoms with van der Waals surface area (Å²) in [6.07, 6.45) is 1.26. The van der Waals surface area contributed by atoms with Gasteiger partial charge >= 0.3 is 0 Å². The molecule has 1 aromatic carbocycles. The zero-order valence-electron chi connectivity index (χ0n) is 13.7. The third-order valence-electron chi connectivity index (χ3n) is 4.32. The maximum Gasteiger partial charge on any atom is 0.256 e. The highest BCUT2D eigenvalue weighted by molar-refractivity contribution is 6.06. The molecule has 26 heavy (non-hydrogen) atoms. The SMILES string of the molecule is O=C(Nc1ncnc2c1ncn2[C@H]1C[C@@H](O)[C@H](CO)O1)c1ccccc1. The molecule has 1 aliphatic heterocycles. The first-order valence-corrected chi connectivity index (χ1v) is 8.15. The molecule has 9 heteroatoms. The van der Waals surface area contributed by atoms with Gasteiger partial charge in [-0.15, -0.1) is 0 Å². The topological polar surface area (TPSA) is 122 Å². The molecule has 0 spiro atoms. The number of aromatic nitrogens is 4. The Morgan fingerprint density at radius 1 is 1.27 bits per heavy atom. The van der Waals surface area contributed by atoms with E-state index in [1.54, 1.807) is 28.8 Å². The second-order valence-corrected chi connectivity index (χ2v) is 5.98. The number of rotatable bonds is 4. The van der Waals surface area contributed by atoms with Crippen molar-refractivity contribution in [1.82, 2.24) is 19.5 Å². The van der Waals surface area contributed by atoms with E-state index in [1.807, 2.05) is 6.07 Å². The molecule has 1 aliphatic rings. The lowest BCUT2D eigenvalue weighted by atomic mass is 10.2. The van der Waals surface area contributed by atoms with Crippen LogP contribution >= 0.6 is 0 Å². The first kappa shape index (κ1) is 16.6. The summed E-state index contributed by atoms with van der Waals surface area (Å²) in [5, 5.41) is 21.9. The molecule has 0 aliphatic carbocycles. The molecule has 2 aromatic heterocycles. The number of ether oxygens (including phenoxy) is 1. The van der Waals surface area contributed by atoms with Crippen LogP contribution in [0.1, 0.15) is 23.0 Å². The van der Waals surface area contributed by atoms with Crippen molar-refractivity contribution in [1.29, 1.82) is 0 Å². The van der Waals surface area contributed by atoms with Gasteiger partial charge in [-0.25, -0.2) is 15.0 Å². The molecule has 1 saturated heterocycles. The zero-order chi connectivity index (χ0) is 18.1. The number of nitrogens with zero attached hydrogens (tertiary/aromatic N) is 4. The molecule has 134 valence electrons. The number of carbonyl (C=O) groups is 1. The van der Waals surface area contributed by atoms with Gasteiger partial charge in [0.25, 0.3) is 5.91 Å².